The summed E-state index contributed by atoms with van der Waals surface area (Å²) in [5.41, 5.74) is 1.63. The number of nitrogens with zero attached hydrogens (tertiary/aromatic N) is 2. The lowest BCUT2D eigenvalue weighted by molar-refractivity contribution is 0.0732. The highest BCUT2D eigenvalue weighted by molar-refractivity contribution is 14.0. The predicted octanol–water partition coefficient (Wildman–Crippen LogP) is 4.54. The molecule has 3 rings (SSSR count). The van der Waals surface area contributed by atoms with Crippen molar-refractivity contribution in [2.24, 2.45) is 16.3 Å². The molecule has 5 nitrogen and oxygen atoms in total. The minimum absolute atomic E-state index is 0. The summed E-state index contributed by atoms with van der Waals surface area (Å²) >= 11 is 6.31. The Balaban J connectivity index is 0.00000320. The van der Waals surface area contributed by atoms with Gasteiger partial charge in [0.1, 0.15) is 0 Å². The molecule has 0 aromatic heterocycles. The molecule has 0 unspecified atom stereocenters. The third-order valence-corrected chi connectivity index (χ3v) is 7.09. The van der Waals surface area contributed by atoms with E-state index in [0.29, 0.717) is 11.3 Å². The SMILES string of the molecule is CN=C(NCC1CCN(Cc2ccccc2Cl)CC1)NCC1(CCOC)CCC1.I. The number of halogens is 2. The monoisotopic (exact) mass is 548 g/mol. The van der Waals surface area contributed by atoms with E-state index in [1.807, 2.05) is 19.2 Å². The standard InChI is InChI=1S/C23H37ClN4O.HI/c1-25-22(27-18-23(10-5-11-23)12-15-29-2)26-16-19-8-13-28(14-9-19)17-20-6-3-4-7-21(20)24;/h3-4,6-7,19H,5,8-18H2,1-2H3,(H2,25,26,27);1H. The van der Waals surface area contributed by atoms with Gasteiger partial charge in [0.15, 0.2) is 5.96 Å². The Morgan fingerprint density at radius 1 is 1.23 bits per heavy atom. The second-order valence-electron chi connectivity index (χ2n) is 8.71. The van der Waals surface area contributed by atoms with Crippen LogP contribution in [-0.2, 0) is 11.3 Å². The smallest absolute Gasteiger partial charge is 0.191 e. The van der Waals surface area contributed by atoms with Gasteiger partial charge < -0.3 is 15.4 Å². The minimum Gasteiger partial charge on any atom is -0.385 e. The summed E-state index contributed by atoms with van der Waals surface area (Å²) < 4.78 is 5.30. The molecule has 2 fully saturated rings. The second-order valence-corrected chi connectivity index (χ2v) is 9.12. The molecule has 0 bridgehead atoms. The number of piperidine rings is 1. The summed E-state index contributed by atoms with van der Waals surface area (Å²) in [6, 6.07) is 8.18. The molecule has 1 aliphatic carbocycles. The Bertz CT molecular complexity index is 660. The zero-order chi connectivity index (χ0) is 20.5. The van der Waals surface area contributed by atoms with Crippen LogP contribution in [0.5, 0.6) is 0 Å². The maximum Gasteiger partial charge on any atom is 0.191 e. The second kappa shape index (κ2) is 13.1. The zero-order valence-electron chi connectivity index (χ0n) is 18.5. The summed E-state index contributed by atoms with van der Waals surface area (Å²) in [5.74, 6) is 1.63. The minimum atomic E-state index is 0. The lowest BCUT2D eigenvalue weighted by atomic mass is 9.67. The largest absolute Gasteiger partial charge is 0.385 e. The third-order valence-electron chi connectivity index (χ3n) is 6.72. The van der Waals surface area contributed by atoms with Gasteiger partial charge in [-0.2, -0.15) is 0 Å². The summed E-state index contributed by atoms with van der Waals surface area (Å²) in [7, 11) is 3.66. The molecule has 30 heavy (non-hydrogen) atoms. The molecule has 0 atom stereocenters. The van der Waals surface area contributed by atoms with Gasteiger partial charge in [0.2, 0.25) is 0 Å². The van der Waals surface area contributed by atoms with Gasteiger partial charge >= 0.3 is 0 Å². The number of ether oxygens (including phenoxy) is 1. The molecule has 0 radical (unpaired) electrons. The number of hydrogen-bond donors (Lipinski definition) is 2. The van der Waals surface area contributed by atoms with Gasteiger partial charge in [-0.15, -0.1) is 24.0 Å². The first-order valence-electron chi connectivity index (χ1n) is 11.0. The van der Waals surface area contributed by atoms with Crippen LogP contribution in [0.3, 0.4) is 0 Å². The van der Waals surface area contributed by atoms with E-state index < -0.39 is 0 Å². The van der Waals surface area contributed by atoms with Gasteiger partial charge in [-0.05, 0) is 68.2 Å². The Morgan fingerprint density at radius 3 is 2.57 bits per heavy atom. The number of hydrogen-bond acceptors (Lipinski definition) is 3. The Hall–Kier alpha value is -0.570. The van der Waals surface area contributed by atoms with E-state index in [1.165, 1.54) is 37.7 Å². The van der Waals surface area contributed by atoms with Crippen LogP contribution >= 0.6 is 35.6 Å². The van der Waals surface area contributed by atoms with E-state index in [4.69, 9.17) is 16.3 Å². The van der Waals surface area contributed by atoms with Crippen molar-refractivity contribution in [3.05, 3.63) is 34.9 Å². The molecule has 1 saturated carbocycles. The number of methoxy groups -OCH3 is 1. The van der Waals surface area contributed by atoms with Crippen molar-refractivity contribution in [2.75, 3.05) is 46.9 Å². The molecule has 1 aromatic rings. The Morgan fingerprint density at radius 2 is 1.97 bits per heavy atom. The van der Waals surface area contributed by atoms with E-state index in [0.717, 1.165) is 56.7 Å². The number of likely N-dealkylation sites (tertiary alicyclic amines) is 1. The van der Waals surface area contributed by atoms with E-state index in [9.17, 15) is 0 Å². The van der Waals surface area contributed by atoms with Crippen molar-refractivity contribution < 1.29 is 4.74 Å². The normalized spacial score (nSPS) is 19.6. The maximum absolute atomic E-state index is 6.31. The Labute approximate surface area is 204 Å². The molecule has 2 aliphatic rings. The first-order chi connectivity index (χ1) is 14.1. The molecule has 2 N–H and O–H groups in total. The van der Waals surface area contributed by atoms with Gasteiger partial charge in [0.05, 0.1) is 0 Å². The number of guanidine groups is 1. The van der Waals surface area contributed by atoms with Gasteiger partial charge in [-0.3, -0.25) is 9.89 Å². The number of aliphatic imine (C=N–C) groups is 1. The van der Waals surface area contributed by atoms with Crippen molar-refractivity contribution in [3.63, 3.8) is 0 Å². The van der Waals surface area contributed by atoms with E-state index >= 15 is 0 Å². The molecule has 0 amide bonds. The lowest BCUT2D eigenvalue weighted by Crippen LogP contribution is -2.48. The van der Waals surface area contributed by atoms with Gasteiger partial charge in [0, 0.05) is 45.4 Å². The highest BCUT2D eigenvalue weighted by Crippen LogP contribution is 2.43. The number of benzene rings is 1. The van der Waals surface area contributed by atoms with Crippen LogP contribution in [0.15, 0.2) is 29.3 Å². The Kier molecular flexibility index (Phi) is 11.2. The van der Waals surface area contributed by atoms with Gasteiger partial charge in [0.25, 0.3) is 0 Å². The van der Waals surface area contributed by atoms with Crippen LogP contribution in [-0.4, -0.2) is 57.8 Å². The van der Waals surface area contributed by atoms with Crippen LogP contribution in [0.2, 0.25) is 5.02 Å². The lowest BCUT2D eigenvalue weighted by Gasteiger charge is -2.42. The molecule has 170 valence electrons. The molecule has 1 aliphatic heterocycles. The zero-order valence-corrected chi connectivity index (χ0v) is 21.5. The molecule has 7 heteroatoms. The fourth-order valence-corrected chi connectivity index (χ4v) is 4.66. The fourth-order valence-electron chi connectivity index (χ4n) is 4.46. The quantitative estimate of drug-likeness (QED) is 0.270. The van der Waals surface area contributed by atoms with Crippen LogP contribution in [0.25, 0.3) is 0 Å². The molecule has 1 heterocycles. The summed E-state index contributed by atoms with van der Waals surface area (Å²) in [4.78, 5) is 6.95. The maximum atomic E-state index is 6.31. The first-order valence-corrected chi connectivity index (χ1v) is 11.4. The van der Waals surface area contributed by atoms with Crippen molar-refractivity contribution in [2.45, 2.75) is 45.1 Å². The topological polar surface area (TPSA) is 48.9 Å². The summed E-state index contributed by atoms with van der Waals surface area (Å²) in [6.07, 6.45) is 7.49. The van der Waals surface area contributed by atoms with E-state index in [-0.39, 0.29) is 24.0 Å². The van der Waals surface area contributed by atoms with Crippen molar-refractivity contribution in [1.82, 2.24) is 15.5 Å². The number of rotatable bonds is 9. The van der Waals surface area contributed by atoms with Crippen molar-refractivity contribution >= 4 is 41.5 Å². The van der Waals surface area contributed by atoms with Crippen molar-refractivity contribution in [3.8, 4) is 0 Å². The van der Waals surface area contributed by atoms with Crippen LogP contribution < -0.4 is 10.6 Å². The van der Waals surface area contributed by atoms with Crippen LogP contribution in [0, 0.1) is 11.3 Å². The highest BCUT2D eigenvalue weighted by Gasteiger charge is 2.36. The van der Waals surface area contributed by atoms with Gasteiger partial charge in [-0.1, -0.05) is 36.2 Å². The van der Waals surface area contributed by atoms with Crippen LogP contribution in [0.1, 0.15) is 44.1 Å². The summed E-state index contributed by atoms with van der Waals surface area (Å²) in [6.45, 7) is 6.04. The molecule has 1 saturated heterocycles. The average molecular weight is 549 g/mol. The van der Waals surface area contributed by atoms with Gasteiger partial charge in [-0.25, -0.2) is 0 Å². The molecular weight excluding hydrogens is 511 g/mol. The predicted molar refractivity (Wildman–Crippen MR) is 137 cm³/mol. The molecule has 1 aromatic carbocycles. The molecular formula is C23H38ClIN4O. The van der Waals surface area contributed by atoms with Crippen LogP contribution in [0.4, 0.5) is 0 Å². The highest BCUT2D eigenvalue weighted by atomic mass is 127. The average Bonchev–Trinajstić information content (AvgIpc) is 2.72. The fraction of sp³-hybridized carbons (Fsp3) is 0.696. The van der Waals surface area contributed by atoms with E-state index in [2.05, 4.69) is 32.7 Å². The molecule has 0 spiro atoms. The first kappa shape index (κ1) is 25.7. The van der Waals surface area contributed by atoms with E-state index in [1.54, 1.807) is 7.11 Å². The number of nitrogens with one attached hydrogen (secondary N) is 2. The van der Waals surface area contributed by atoms with Crippen molar-refractivity contribution in [1.29, 1.82) is 0 Å². The third kappa shape index (κ3) is 7.53. The summed E-state index contributed by atoms with van der Waals surface area (Å²) in [5, 5.41) is 8.00.